The number of anilines is 1. The molecule has 0 radical (unpaired) electrons. The number of carbonyl (C=O) groups is 2. The van der Waals surface area contributed by atoms with Crippen LogP contribution in [0.1, 0.15) is 29.2 Å². The van der Waals surface area contributed by atoms with Crippen molar-refractivity contribution in [1.29, 1.82) is 0 Å². The summed E-state index contributed by atoms with van der Waals surface area (Å²) in [6.07, 6.45) is 1.56. The lowest BCUT2D eigenvalue weighted by molar-refractivity contribution is -0.121. The number of benzene rings is 2. The minimum Gasteiger partial charge on any atom is -0.332 e. The van der Waals surface area contributed by atoms with Crippen LogP contribution in [0.4, 0.5) is 10.1 Å². The van der Waals surface area contributed by atoms with Gasteiger partial charge in [-0.05, 0) is 49.2 Å². The van der Waals surface area contributed by atoms with Crippen molar-refractivity contribution in [3.05, 3.63) is 82.9 Å². The molecule has 0 spiro atoms. The number of halogens is 1. The quantitative estimate of drug-likeness (QED) is 0.673. The Hall–Kier alpha value is -3.74. The first-order chi connectivity index (χ1) is 14.8. The van der Waals surface area contributed by atoms with Crippen molar-refractivity contribution in [1.82, 2.24) is 15.1 Å². The minimum atomic E-state index is -0.448. The zero-order chi connectivity index (χ0) is 22.1. The van der Waals surface area contributed by atoms with E-state index in [0.29, 0.717) is 16.8 Å². The van der Waals surface area contributed by atoms with E-state index in [-0.39, 0.29) is 24.1 Å². The molecule has 4 rings (SSSR count). The number of hydrogen-bond donors (Lipinski definition) is 2. The summed E-state index contributed by atoms with van der Waals surface area (Å²) < 4.78 is 15.1. The second-order valence-corrected chi connectivity index (χ2v) is 7.75. The SMILES string of the molecule is Cc1ccc(-c2cc(C)n(C)n2)cc1NC(=O)C1=CNC(=O)CC1c1ccc(F)cc1. The fraction of sp³-hybridized carbons (Fsp3) is 0.208. The van der Waals surface area contributed by atoms with Crippen LogP contribution in [-0.4, -0.2) is 21.6 Å². The number of amides is 2. The highest BCUT2D eigenvalue weighted by Gasteiger charge is 2.29. The van der Waals surface area contributed by atoms with E-state index in [1.54, 1.807) is 16.8 Å². The van der Waals surface area contributed by atoms with Crippen LogP contribution >= 0.6 is 0 Å². The Morgan fingerprint density at radius 2 is 1.90 bits per heavy atom. The Morgan fingerprint density at radius 3 is 2.58 bits per heavy atom. The summed E-state index contributed by atoms with van der Waals surface area (Å²) in [5, 5.41) is 10.1. The summed E-state index contributed by atoms with van der Waals surface area (Å²) in [5.74, 6) is -1.31. The third kappa shape index (κ3) is 4.26. The normalized spacial score (nSPS) is 15.9. The number of nitrogens with zero attached hydrogens (tertiary/aromatic N) is 2. The van der Waals surface area contributed by atoms with Crippen molar-refractivity contribution < 1.29 is 14.0 Å². The molecule has 1 aromatic heterocycles. The Balaban J connectivity index is 1.62. The number of carbonyl (C=O) groups excluding carboxylic acids is 2. The van der Waals surface area contributed by atoms with E-state index in [9.17, 15) is 14.0 Å². The lowest BCUT2D eigenvalue weighted by Crippen LogP contribution is -2.32. The monoisotopic (exact) mass is 418 g/mol. The van der Waals surface area contributed by atoms with E-state index in [4.69, 9.17) is 0 Å². The summed E-state index contributed by atoms with van der Waals surface area (Å²) in [4.78, 5) is 25.1. The highest BCUT2D eigenvalue weighted by molar-refractivity contribution is 6.07. The van der Waals surface area contributed by atoms with Crippen molar-refractivity contribution in [2.24, 2.45) is 7.05 Å². The third-order valence-corrected chi connectivity index (χ3v) is 5.58. The Labute approximate surface area is 179 Å². The first kappa shape index (κ1) is 20.5. The standard InChI is InChI=1S/C24H23FN4O2/c1-14-4-5-17(22-10-15(2)29(3)28-22)11-21(14)27-24(31)20-13-26-23(30)12-19(20)16-6-8-18(25)9-7-16/h4-11,13,19H,12H2,1-3H3,(H,26,30)(H,27,31). The second kappa shape index (κ2) is 8.18. The van der Waals surface area contributed by atoms with Crippen molar-refractivity contribution >= 4 is 17.5 Å². The zero-order valence-corrected chi connectivity index (χ0v) is 17.6. The molecule has 7 heteroatoms. The maximum atomic E-state index is 13.3. The van der Waals surface area contributed by atoms with Gasteiger partial charge in [0.05, 0.1) is 5.69 Å². The summed E-state index contributed by atoms with van der Waals surface area (Å²) in [7, 11) is 1.88. The number of aromatic nitrogens is 2. The van der Waals surface area contributed by atoms with Gasteiger partial charge in [0.25, 0.3) is 5.91 Å². The highest BCUT2D eigenvalue weighted by atomic mass is 19.1. The molecule has 1 atom stereocenters. The number of rotatable bonds is 4. The number of aryl methyl sites for hydroxylation is 3. The first-order valence-electron chi connectivity index (χ1n) is 9.99. The van der Waals surface area contributed by atoms with Crippen molar-refractivity contribution in [2.75, 3.05) is 5.32 Å². The fourth-order valence-electron chi connectivity index (χ4n) is 3.64. The Morgan fingerprint density at radius 1 is 1.16 bits per heavy atom. The molecule has 0 saturated carbocycles. The molecule has 1 aliphatic heterocycles. The van der Waals surface area contributed by atoms with Gasteiger partial charge in [0.2, 0.25) is 5.91 Å². The van der Waals surface area contributed by atoms with Crippen LogP contribution in [0, 0.1) is 19.7 Å². The molecule has 1 aliphatic rings. The molecule has 6 nitrogen and oxygen atoms in total. The maximum absolute atomic E-state index is 13.3. The second-order valence-electron chi connectivity index (χ2n) is 7.75. The molecule has 1 unspecified atom stereocenters. The smallest absolute Gasteiger partial charge is 0.253 e. The molecule has 2 N–H and O–H groups in total. The molecular weight excluding hydrogens is 395 g/mol. The molecule has 158 valence electrons. The van der Waals surface area contributed by atoms with E-state index in [2.05, 4.69) is 15.7 Å². The molecule has 2 amide bonds. The molecule has 0 saturated heterocycles. The van der Waals surface area contributed by atoms with Gasteiger partial charge in [-0.15, -0.1) is 0 Å². The molecular formula is C24H23FN4O2. The summed E-state index contributed by atoms with van der Waals surface area (Å²) in [5.41, 5.74) is 5.46. The summed E-state index contributed by atoms with van der Waals surface area (Å²) >= 11 is 0. The predicted octanol–water partition coefficient (Wildman–Crippen LogP) is 3.97. The first-order valence-corrected chi connectivity index (χ1v) is 9.99. The summed E-state index contributed by atoms with van der Waals surface area (Å²) in [6.45, 7) is 3.89. The van der Waals surface area contributed by atoms with Gasteiger partial charge in [-0.1, -0.05) is 24.3 Å². The largest absolute Gasteiger partial charge is 0.332 e. The minimum absolute atomic E-state index is 0.122. The fourth-order valence-corrected chi connectivity index (χ4v) is 3.64. The van der Waals surface area contributed by atoms with Gasteiger partial charge in [-0.25, -0.2) is 4.39 Å². The van der Waals surface area contributed by atoms with Crippen molar-refractivity contribution in [2.45, 2.75) is 26.2 Å². The van der Waals surface area contributed by atoms with Crippen molar-refractivity contribution in [3.63, 3.8) is 0 Å². The van der Waals surface area contributed by atoms with Gasteiger partial charge >= 0.3 is 0 Å². The van der Waals surface area contributed by atoms with Crippen LogP contribution in [0.2, 0.25) is 0 Å². The zero-order valence-electron chi connectivity index (χ0n) is 17.6. The van der Waals surface area contributed by atoms with E-state index in [1.165, 1.54) is 18.3 Å². The Kier molecular flexibility index (Phi) is 5.42. The Bertz CT molecular complexity index is 1180. The average molecular weight is 418 g/mol. The van der Waals surface area contributed by atoms with Crippen LogP contribution in [-0.2, 0) is 16.6 Å². The van der Waals surface area contributed by atoms with Crippen LogP contribution in [0.3, 0.4) is 0 Å². The van der Waals surface area contributed by atoms with Gasteiger partial charge in [-0.2, -0.15) is 5.10 Å². The number of nitrogens with one attached hydrogen (secondary N) is 2. The molecule has 2 heterocycles. The average Bonchev–Trinajstić information content (AvgIpc) is 3.08. The van der Waals surface area contributed by atoms with Crippen LogP contribution < -0.4 is 10.6 Å². The molecule has 0 aliphatic carbocycles. The van der Waals surface area contributed by atoms with Gasteiger partial charge < -0.3 is 10.6 Å². The molecule has 0 bridgehead atoms. The molecule has 0 fully saturated rings. The maximum Gasteiger partial charge on any atom is 0.253 e. The van der Waals surface area contributed by atoms with Gasteiger partial charge in [-0.3, -0.25) is 14.3 Å². The van der Waals surface area contributed by atoms with Gasteiger partial charge in [0, 0.05) is 48.1 Å². The van der Waals surface area contributed by atoms with Crippen LogP contribution in [0.5, 0.6) is 0 Å². The summed E-state index contributed by atoms with van der Waals surface area (Å²) in [6, 6.07) is 13.7. The van der Waals surface area contributed by atoms with Crippen LogP contribution in [0.25, 0.3) is 11.3 Å². The van der Waals surface area contributed by atoms with Crippen LogP contribution in [0.15, 0.2) is 60.3 Å². The lowest BCUT2D eigenvalue weighted by Gasteiger charge is -2.24. The third-order valence-electron chi connectivity index (χ3n) is 5.58. The molecule has 31 heavy (non-hydrogen) atoms. The number of hydrogen-bond acceptors (Lipinski definition) is 3. The van der Waals surface area contributed by atoms with E-state index in [1.807, 2.05) is 45.2 Å². The molecule has 3 aromatic rings. The van der Waals surface area contributed by atoms with Crippen molar-refractivity contribution in [3.8, 4) is 11.3 Å². The van der Waals surface area contributed by atoms with E-state index < -0.39 is 5.92 Å². The molecule has 2 aromatic carbocycles. The predicted molar refractivity (Wildman–Crippen MR) is 117 cm³/mol. The lowest BCUT2D eigenvalue weighted by atomic mass is 9.86. The van der Waals surface area contributed by atoms with Gasteiger partial charge in [0.1, 0.15) is 5.82 Å². The highest BCUT2D eigenvalue weighted by Crippen LogP contribution is 2.32. The van der Waals surface area contributed by atoms with E-state index in [0.717, 1.165) is 22.5 Å². The topological polar surface area (TPSA) is 76.0 Å². The van der Waals surface area contributed by atoms with Gasteiger partial charge in [0.15, 0.2) is 0 Å². The van der Waals surface area contributed by atoms with E-state index >= 15 is 0 Å².